The second kappa shape index (κ2) is 8.68. The summed E-state index contributed by atoms with van der Waals surface area (Å²) in [6, 6.07) is 8.03. The van der Waals surface area contributed by atoms with Crippen LogP contribution in [-0.2, 0) is 21.7 Å². The number of nitrogens with zero attached hydrogens (tertiary/aromatic N) is 3. The van der Waals surface area contributed by atoms with Crippen molar-refractivity contribution < 1.29 is 19.1 Å². The maximum absolute atomic E-state index is 15.1. The Bertz CT molecular complexity index is 1290. The van der Waals surface area contributed by atoms with E-state index in [0.29, 0.717) is 24.2 Å². The molecule has 1 saturated heterocycles. The number of halogens is 3. The van der Waals surface area contributed by atoms with Crippen LogP contribution in [0.1, 0.15) is 17.7 Å². The van der Waals surface area contributed by atoms with Gasteiger partial charge in [-0.15, -0.1) is 0 Å². The number of anilines is 1. The normalized spacial score (nSPS) is 18.0. The van der Waals surface area contributed by atoms with Crippen molar-refractivity contribution in [1.29, 1.82) is 0 Å². The fourth-order valence-corrected chi connectivity index (χ4v) is 4.85. The summed E-state index contributed by atoms with van der Waals surface area (Å²) in [7, 11) is 0. The summed E-state index contributed by atoms with van der Waals surface area (Å²) in [5.41, 5.74) is 1.07. The number of carbonyl (C=O) groups is 2. The van der Waals surface area contributed by atoms with E-state index in [1.807, 2.05) is 6.07 Å². The standard InChI is InChI=1S/C23H21Cl2FN4O3/c1-3-19(31)29-9-8-23(12-29,21-17(26)7-6-16(24)22(21)25)27-14-4-5-15-13(2)30(11-20(32)33)28-18(15)10-14/h3-7,10,27H,1,8-9,11-12H2,2H3,(H,32,33). The van der Waals surface area contributed by atoms with Crippen molar-refractivity contribution >= 4 is 51.7 Å². The Balaban J connectivity index is 1.79. The lowest BCUT2D eigenvalue weighted by molar-refractivity contribution is -0.138. The molecule has 2 aromatic carbocycles. The Morgan fingerprint density at radius 2 is 2.09 bits per heavy atom. The van der Waals surface area contributed by atoms with Crippen LogP contribution < -0.4 is 5.32 Å². The Hall–Kier alpha value is -3.10. The van der Waals surface area contributed by atoms with Gasteiger partial charge in [-0.3, -0.25) is 14.3 Å². The minimum atomic E-state index is -1.04. The van der Waals surface area contributed by atoms with Gasteiger partial charge in [-0.2, -0.15) is 5.10 Å². The zero-order valence-corrected chi connectivity index (χ0v) is 19.3. The minimum Gasteiger partial charge on any atom is -0.480 e. The lowest BCUT2D eigenvalue weighted by Gasteiger charge is -2.33. The summed E-state index contributed by atoms with van der Waals surface area (Å²) in [6.07, 6.45) is 1.60. The van der Waals surface area contributed by atoms with Crippen molar-refractivity contribution in [3.05, 3.63) is 70.1 Å². The number of hydrogen-bond acceptors (Lipinski definition) is 4. The minimum absolute atomic E-state index is 0.0831. The lowest BCUT2D eigenvalue weighted by Crippen LogP contribution is -2.41. The van der Waals surface area contributed by atoms with E-state index in [4.69, 9.17) is 28.3 Å². The van der Waals surface area contributed by atoms with E-state index in [1.165, 1.54) is 22.9 Å². The van der Waals surface area contributed by atoms with E-state index in [9.17, 15) is 9.59 Å². The van der Waals surface area contributed by atoms with Gasteiger partial charge in [0, 0.05) is 35.4 Å². The van der Waals surface area contributed by atoms with Gasteiger partial charge in [0.2, 0.25) is 5.91 Å². The number of carboxylic acids is 1. The molecular weight excluding hydrogens is 470 g/mol. The molecule has 0 spiro atoms. The van der Waals surface area contributed by atoms with E-state index >= 15 is 4.39 Å². The highest BCUT2D eigenvalue weighted by Crippen LogP contribution is 2.43. The summed E-state index contributed by atoms with van der Waals surface area (Å²) in [5, 5.41) is 18.0. The first-order valence-electron chi connectivity index (χ1n) is 10.2. The molecule has 2 heterocycles. The number of fused-ring (bicyclic) bond motifs is 1. The molecule has 10 heteroatoms. The van der Waals surface area contributed by atoms with E-state index in [-0.39, 0.29) is 34.6 Å². The van der Waals surface area contributed by atoms with Gasteiger partial charge < -0.3 is 15.3 Å². The van der Waals surface area contributed by atoms with Crippen molar-refractivity contribution in [3.63, 3.8) is 0 Å². The average molecular weight is 491 g/mol. The van der Waals surface area contributed by atoms with Crippen LogP contribution in [0.3, 0.4) is 0 Å². The number of aryl methyl sites for hydroxylation is 1. The number of amides is 1. The molecule has 1 aliphatic heterocycles. The smallest absolute Gasteiger partial charge is 0.325 e. The Kier molecular flexibility index (Phi) is 6.07. The number of rotatable bonds is 6. The van der Waals surface area contributed by atoms with Crippen LogP contribution in [0.15, 0.2) is 43.0 Å². The molecule has 33 heavy (non-hydrogen) atoms. The van der Waals surface area contributed by atoms with Gasteiger partial charge in [-0.1, -0.05) is 29.8 Å². The highest BCUT2D eigenvalue weighted by molar-refractivity contribution is 6.42. The molecule has 3 aromatic rings. The first kappa shape index (κ1) is 23.1. The highest BCUT2D eigenvalue weighted by Gasteiger charge is 2.44. The number of nitrogens with one attached hydrogen (secondary N) is 1. The fourth-order valence-electron chi connectivity index (χ4n) is 4.36. The number of carbonyl (C=O) groups excluding carboxylic acids is 1. The zero-order valence-electron chi connectivity index (χ0n) is 17.7. The van der Waals surface area contributed by atoms with Gasteiger partial charge in [-0.05, 0) is 49.8 Å². The first-order chi connectivity index (χ1) is 15.6. The van der Waals surface area contributed by atoms with Gasteiger partial charge in [0.05, 0.1) is 21.1 Å². The van der Waals surface area contributed by atoms with Crippen molar-refractivity contribution in [2.45, 2.75) is 25.4 Å². The summed E-state index contributed by atoms with van der Waals surface area (Å²) in [6.45, 7) is 5.60. The number of aromatic nitrogens is 2. The van der Waals surface area contributed by atoms with Crippen LogP contribution in [0, 0.1) is 12.7 Å². The second-order valence-electron chi connectivity index (χ2n) is 8.01. The van der Waals surface area contributed by atoms with Gasteiger partial charge in [0.25, 0.3) is 0 Å². The molecule has 1 amide bonds. The molecule has 0 radical (unpaired) electrons. The highest BCUT2D eigenvalue weighted by atomic mass is 35.5. The van der Waals surface area contributed by atoms with Crippen molar-refractivity contribution in [1.82, 2.24) is 14.7 Å². The van der Waals surface area contributed by atoms with Crippen molar-refractivity contribution in [3.8, 4) is 0 Å². The molecule has 1 aliphatic rings. The molecule has 7 nitrogen and oxygen atoms in total. The largest absolute Gasteiger partial charge is 0.480 e. The zero-order chi connectivity index (χ0) is 23.9. The summed E-state index contributed by atoms with van der Waals surface area (Å²) >= 11 is 12.7. The van der Waals surface area contributed by atoms with E-state index in [1.54, 1.807) is 24.0 Å². The molecule has 172 valence electrons. The predicted molar refractivity (Wildman–Crippen MR) is 125 cm³/mol. The molecule has 1 atom stereocenters. The molecule has 0 aliphatic carbocycles. The summed E-state index contributed by atoms with van der Waals surface area (Å²) < 4.78 is 16.5. The number of aliphatic carboxylic acids is 1. The van der Waals surface area contributed by atoms with E-state index in [2.05, 4.69) is 17.0 Å². The number of carboxylic acid groups (broad SMARTS) is 1. The van der Waals surface area contributed by atoms with Crippen molar-refractivity contribution in [2.75, 3.05) is 18.4 Å². The van der Waals surface area contributed by atoms with E-state index < -0.39 is 17.3 Å². The first-order valence-corrected chi connectivity index (χ1v) is 10.9. The Morgan fingerprint density at radius 3 is 2.79 bits per heavy atom. The summed E-state index contributed by atoms with van der Waals surface area (Å²) in [4.78, 5) is 25.0. The third-order valence-electron chi connectivity index (χ3n) is 5.95. The predicted octanol–water partition coefficient (Wildman–Crippen LogP) is 4.60. The van der Waals surface area contributed by atoms with Crippen LogP contribution in [0.2, 0.25) is 10.0 Å². The molecule has 1 unspecified atom stereocenters. The quantitative estimate of drug-likeness (QED) is 0.389. The van der Waals surface area contributed by atoms with Crippen LogP contribution in [0.25, 0.3) is 10.9 Å². The van der Waals surface area contributed by atoms with Crippen LogP contribution in [0.4, 0.5) is 10.1 Å². The van der Waals surface area contributed by atoms with Gasteiger partial charge in [-0.25, -0.2) is 4.39 Å². The molecule has 1 aromatic heterocycles. The molecule has 2 N–H and O–H groups in total. The van der Waals surface area contributed by atoms with Crippen molar-refractivity contribution in [2.24, 2.45) is 0 Å². The molecule has 1 fully saturated rings. The monoisotopic (exact) mass is 490 g/mol. The number of hydrogen-bond donors (Lipinski definition) is 2. The van der Waals surface area contributed by atoms with Gasteiger partial charge >= 0.3 is 5.97 Å². The third-order valence-corrected chi connectivity index (χ3v) is 6.75. The maximum Gasteiger partial charge on any atom is 0.325 e. The summed E-state index contributed by atoms with van der Waals surface area (Å²) in [5.74, 6) is -1.80. The Labute approximate surface area is 199 Å². The molecule has 4 rings (SSSR count). The number of benzene rings is 2. The third kappa shape index (κ3) is 4.16. The molecular formula is C23H21Cl2FN4O3. The van der Waals surface area contributed by atoms with E-state index in [0.717, 1.165) is 11.1 Å². The SMILES string of the molecule is C=CC(=O)N1CCC(Nc2ccc3c(C)n(CC(=O)O)nc3c2)(c2c(F)ccc(Cl)c2Cl)C1. The topological polar surface area (TPSA) is 87.5 Å². The molecule has 0 saturated carbocycles. The average Bonchev–Trinajstić information content (AvgIpc) is 3.32. The Morgan fingerprint density at radius 1 is 1.33 bits per heavy atom. The van der Waals surface area contributed by atoms with Gasteiger partial charge in [0.15, 0.2) is 0 Å². The van der Waals surface area contributed by atoms with Crippen LogP contribution in [0.5, 0.6) is 0 Å². The fraction of sp³-hybridized carbons (Fsp3) is 0.261. The van der Waals surface area contributed by atoms with Crippen LogP contribution in [-0.4, -0.2) is 44.8 Å². The lowest BCUT2D eigenvalue weighted by atomic mass is 9.87. The molecule has 0 bridgehead atoms. The second-order valence-corrected chi connectivity index (χ2v) is 8.79. The van der Waals surface area contributed by atoms with Gasteiger partial charge in [0.1, 0.15) is 12.4 Å². The van der Waals surface area contributed by atoms with Crippen LogP contribution >= 0.6 is 23.2 Å². The maximum atomic E-state index is 15.1. The number of likely N-dealkylation sites (tertiary alicyclic amines) is 1.